The fourth-order valence-electron chi connectivity index (χ4n) is 2.84. The van der Waals surface area contributed by atoms with Crippen molar-refractivity contribution in [3.8, 4) is 0 Å². The smallest absolute Gasteiger partial charge is 0.191 e. The summed E-state index contributed by atoms with van der Waals surface area (Å²) in [6, 6.07) is 0. The van der Waals surface area contributed by atoms with E-state index >= 15 is 0 Å². The Labute approximate surface area is 131 Å². The topological polar surface area (TPSA) is 46.5 Å². The van der Waals surface area contributed by atoms with Crippen LogP contribution in [0.5, 0.6) is 0 Å². The van der Waals surface area contributed by atoms with Crippen LogP contribution in [-0.2, 0) is 9.22 Å². The van der Waals surface area contributed by atoms with Gasteiger partial charge in [0.2, 0.25) is 0 Å². The average molecular weight is 315 g/mol. The minimum Gasteiger partial charge on any atom is -0.417 e. The fraction of sp³-hybridized carbons (Fsp3) is 0.941. The van der Waals surface area contributed by atoms with Gasteiger partial charge in [0.05, 0.1) is 6.10 Å². The number of hydrogen-bond donors (Lipinski definition) is 1. The highest BCUT2D eigenvalue weighted by molar-refractivity contribution is 6.74. The zero-order valence-corrected chi connectivity index (χ0v) is 15.9. The van der Waals surface area contributed by atoms with Crippen LogP contribution in [0.3, 0.4) is 0 Å². The summed E-state index contributed by atoms with van der Waals surface area (Å²) in [5, 5.41) is 10.5. The highest BCUT2D eigenvalue weighted by Gasteiger charge is 2.40. The lowest BCUT2D eigenvalue weighted by Crippen LogP contribution is -2.45. The second kappa shape index (κ2) is 6.92. The molecule has 21 heavy (non-hydrogen) atoms. The second-order valence-electron chi connectivity index (χ2n) is 8.49. The van der Waals surface area contributed by atoms with E-state index in [1.54, 1.807) is 0 Å². The van der Waals surface area contributed by atoms with Crippen LogP contribution in [0.4, 0.5) is 0 Å². The molecule has 3 atom stereocenters. The standard InChI is InChI=1S/C17H34O3Si/c1-12(2)15(11-20-21(6,7)17(3,4)5)14-9-8-13(18)10-16(14)19/h12,14-16,19H,8-11H2,1-7H3. The number of rotatable bonds is 5. The molecule has 1 N–H and O–H groups in total. The van der Waals surface area contributed by atoms with E-state index in [9.17, 15) is 9.90 Å². The number of aliphatic hydroxyl groups is 1. The number of carbonyl (C=O) groups excluding carboxylic acids is 1. The molecule has 0 amide bonds. The third kappa shape index (κ3) is 4.90. The van der Waals surface area contributed by atoms with Crippen LogP contribution in [0.25, 0.3) is 0 Å². The van der Waals surface area contributed by atoms with Crippen LogP contribution >= 0.6 is 0 Å². The van der Waals surface area contributed by atoms with Gasteiger partial charge in [-0.1, -0.05) is 34.6 Å². The van der Waals surface area contributed by atoms with Crippen molar-refractivity contribution < 1.29 is 14.3 Å². The summed E-state index contributed by atoms with van der Waals surface area (Å²) in [6.07, 6.45) is 1.27. The fourth-order valence-corrected chi connectivity index (χ4v) is 3.88. The second-order valence-corrected chi connectivity index (χ2v) is 13.3. The molecule has 0 aromatic heterocycles. The van der Waals surface area contributed by atoms with Gasteiger partial charge in [-0.2, -0.15) is 0 Å². The molecule has 3 nitrogen and oxygen atoms in total. The molecule has 0 heterocycles. The van der Waals surface area contributed by atoms with Crippen molar-refractivity contribution >= 4 is 14.1 Å². The number of Topliss-reactive ketones (excluding diaryl/α,β-unsaturated/α-hetero) is 1. The summed E-state index contributed by atoms with van der Waals surface area (Å²) in [4.78, 5) is 11.5. The first-order valence-electron chi connectivity index (χ1n) is 8.29. The van der Waals surface area contributed by atoms with Gasteiger partial charge < -0.3 is 9.53 Å². The van der Waals surface area contributed by atoms with Gasteiger partial charge in [0, 0.05) is 19.4 Å². The molecule has 1 aliphatic carbocycles. The Kier molecular flexibility index (Phi) is 6.22. The van der Waals surface area contributed by atoms with Gasteiger partial charge in [-0.15, -0.1) is 0 Å². The Balaban J connectivity index is 2.73. The maximum Gasteiger partial charge on any atom is 0.191 e. The maximum atomic E-state index is 11.5. The third-order valence-electron chi connectivity index (χ3n) is 5.54. The van der Waals surface area contributed by atoms with E-state index in [1.807, 2.05) is 0 Å². The Hall–Kier alpha value is -0.193. The van der Waals surface area contributed by atoms with Crippen LogP contribution in [0.1, 0.15) is 53.9 Å². The van der Waals surface area contributed by atoms with Crippen LogP contribution in [0.2, 0.25) is 18.1 Å². The predicted octanol–water partition coefficient (Wildman–Crippen LogP) is 4.01. The van der Waals surface area contributed by atoms with Gasteiger partial charge in [0.25, 0.3) is 0 Å². The third-order valence-corrected chi connectivity index (χ3v) is 10.0. The van der Waals surface area contributed by atoms with E-state index in [2.05, 4.69) is 47.7 Å². The van der Waals surface area contributed by atoms with Gasteiger partial charge in [-0.25, -0.2) is 0 Å². The lowest BCUT2D eigenvalue weighted by molar-refractivity contribution is -0.126. The molecule has 3 unspecified atom stereocenters. The molecule has 1 fully saturated rings. The SMILES string of the molecule is CC(C)C(CO[Si](C)(C)C(C)(C)C)C1CCC(=O)CC1O. The molecular formula is C17H34O3Si. The Morgan fingerprint density at radius 3 is 2.33 bits per heavy atom. The van der Waals surface area contributed by atoms with Crippen LogP contribution in [0, 0.1) is 17.8 Å². The van der Waals surface area contributed by atoms with E-state index in [1.165, 1.54) is 0 Å². The predicted molar refractivity (Wildman–Crippen MR) is 89.8 cm³/mol. The van der Waals surface area contributed by atoms with E-state index in [-0.39, 0.29) is 16.7 Å². The van der Waals surface area contributed by atoms with Crippen molar-refractivity contribution in [2.24, 2.45) is 17.8 Å². The number of ketones is 1. The van der Waals surface area contributed by atoms with E-state index in [0.29, 0.717) is 31.3 Å². The largest absolute Gasteiger partial charge is 0.417 e. The molecule has 0 aromatic carbocycles. The van der Waals surface area contributed by atoms with Crippen LogP contribution < -0.4 is 0 Å². The zero-order valence-electron chi connectivity index (χ0n) is 14.9. The van der Waals surface area contributed by atoms with Crippen LogP contribution in [-0.4, -0.2) is 31.9 Å². The summed E-state index contributed by atoms with van der Waals surface area (Å²) in [5.74, 6) is 1.20. The van der Waals surface area contributed by atoms with E-state index in [4.69, 9.17) is 4.43 Å². The molecule has 124 valence electrons. The molecule has 4 heteroatoms. The van der Waals surface area contributed by atoms with Crippen molar-refractivity contribution in [1.82, 2.24) is 0 Å². The highest BCUT2D eigenvalue weighted by Crippen LogP contribution is 2.39. The van der Waals surface area contributed by atoms with Gasteiger partial charge in [-0.05, 0) is 42.3 Å². The summed E-state index contributed by atoms with van der Waals surface area (Å²) in [6.45, 7) is 16.4. The van der Waals surface area contributed by atoms with Gasteiger partial charge in [0.15, 0.2) is 8.32 Å². The molecule has 1 saturated carbocycles. The van der Waals surface area contributed by atoms with Gasteiger partial charge in [-0.3, -0.25) is 4.79 Å². The van der Waals surface area contributed by atoms with Crippen molar-refractivity contribution in [2.75, 3.05) is 6.61 Å². The van der Waals surface area contributed by atoms with Crippen molar-refractivity contribution in [2.45, 2.75) is 78.1 Å². The minimum absolute atomic E-state index is 0.201. The molecule has 0 aliphatic heterocycles. The number of carbonyl (C=O) groups is 1. The average Bonchev–Trinajstić information content (AvgIpc) is 2.29. The summed E-state index contributed by atoms with van der Waals surface area (Å²) < 4.78 is 6.39. The highest BCUT2D eigenvalue weighted by atomic mass is 28.4. The summed E-state index contributed by atoms with van der Waals surface area (Å²) >= 11 is 0. The van der Waals surface area contributed by atoms with E-state index in [0.717, 1.165) is 6.42 Å². The van der Waals surface area contributed by atoms with Gasteiger partial charge in [0.1, 0.15) is 5.78 Å². The van der Waals surface area contributed by atoms with Crippen molar-refractivity contribution in [3.63, 3.8) is 0 Å². The molecule has 0 spiro atoms. The van der Waals surface area contributed by atoms with Crippen molar-refractivity contribution in [3.05, 3.63) is 0 Å². The molecule has 1 aliphatic rings. The molecule has 1 rings (SSSR count). The lowest BCUT2D eigenvalue weighted by Gasteiger charge is -2.41. The molecular weight excluding hydrogens is 280 g/mol. The number of aliphatic hydroxyl groups excluding tert-OH is 1. The molecule has 0 saturated heterocycles. The van der Waals surface area contributed by atoms with Crippen molar-refractivity contribution in [1.29, 1.82) is 0 Å². The Bertz CT molecular complexity index is 358. The Morgan fingerprint density at radius 2 is 1.90 bits per heavy atom. The monoisotopic (exact) mass is 314 g/mol. The Morgan fingerprint density at radius 1 is 1.33 bits per heavy atom. The first-order chi connectivity index (χ1) is 9.45. The maximum absolute atomic E-state index is 11.5. The first-order valence-corrected chi connectivity index (χ1v) is 11.2. The zero-order chi connectivity index (χ0) is 16.4. The molecule has 0 aromatic rings. The minimum atomic E-state index is -1.76. The molecule has 0 radical (unpaired) electrons. The first kappa shape index (κ1) is 18.9. The molecule has 0 bridgehead atoms. The van der Waals surface area contributed by atoms with E-state index < -0.39 is 14.4 Å². The number of hydrogen-bond acceptors (Lipinski definition) is 3. The quantitative estimate of drug-likeness (QED) is 0.780. The lowest BCUT2D eigenvalue weighted by atomic mass is 9.73. The normalized spacial score (nSPS) is 26.2. The van der Waals surface area contributed by atoms with Gasteiger partial charge >= 0.3 is 0 Å². The summed E-state index contributed by atoms with van der Waals surface area (Å²) in [7, 11) is -1.76. The summed E-state index contributed by atoms with van der Waals surface area (Å²) in [5.41, 5.74) is 0. The van der Waals surface area contributed by atoms with Crippen LogP contribution in [0.15, 0.2) is 0 Å².